The summed E-state index contributed by atoms with van der Waals surface area (Å²) in [6.07, 6.45) is -0.102. The van der Waals surface area contributed by atoms with Crippen molar-refractivity contribution < 1.29 is 23.9 Å². The van der Waals surface area contributed by atoms with Crippen LogP contribution < -0.4 is 4.74 Å². The summed E-state index contributed by atoms with van der Waals surface area (Å²) >= 11 is 1.49. The highest BCUT2D eigenvalue weighted by Crippen LogP contribution is 2.46. The topological polar surface area (TPSA) is 96.7 Å². The first-order chi connectivity index (χ1) is 9.87. The van der Waals surface area contributed by atoms with Gasteiger partial charge in [0.25, 0.3) is 0 Å². The van der Waals surface area contributed by atoms with Gasteiger partial charge < -0.3 is 14.5 Å². The summed E-state index contributed by atoms with van der Waals surface area (Å²) < 4.78 is 16.2. The highest BCUT2D eigenvalue weighted by Gasteiger charge is 2.29. The number of benzene rings is 1. The molecule has 0 radical (unpaired) electrons. The number of thiazole rings is 1. The van der Waals surface area contributed by atoms with E-state index in [0.29, 0.717) is 23.3 Å². The highest BCUT2D eigenvalue weighted by molar-refractivity contribution is 7.51. The molecule has 0 spiro atoms. The van der Waals surface area contributed by atoms with Crippen molar-refractivity contribution in [3.8, 4) is 17.0 Å². The Hall–Kier alpha value is -1.53. The molecule has 0 aliphatic heterocycles. The number of ketones is 1. The average molecular weight is 325 g/mol. The lowest BCUT2D eigenvalue weighted by Crippen LogP contribution is -2.03. The lowest BCUT2D eigenvalue weighted by molar-refractivity contribution is 0.101. The monoisotopic (exact) mass is 325 g/mol. The van der Waals surface area contributed by atoms with Crippen molar-refractivity contribution in [2.45, 2.75) is 13.3 Å². The summed E-state index contributed by atoms with van der Waals surface area (Å²) in [5, 5.41) is 0. The number of fused-ring (bicyclic) bond motifs is 3. The van der Waals surface area contributed by atoms with Crippen LogP contribution in [0, 0.1) is 0 Å². The maximum absolute atomic E-state index is 11.7. The van der Waals surface area contributed by atoms with Crippen molar-refractivity contribution in [2.75, 3.05) is 6.35 Å². The van der Waals surface area contributed by atoms with E-state index in [0.717, 1.165) is 16.1 Å². The molecule has 1 heterocycles. The van der Waals surface area contributed by atoms with E-state index in [1.165, 1.54) is 18.3 Å². The second-order valence-corrected chi connectivity index (χ2v) is 7.29. The van der Waals surface area contributed by atoms with Gasteiger partial charge in [0.1, 0.15) is 5.75 Å². The normalized spacial score (nSPS) is 12.9. The van der Waals surface area contributed by atoms with Gasteiger partial charge in [0.2, 0.25) is 0 Å². The molecule has 3 rings (SSSR count). The summed E-state index contributed by atoms with van der Waals surface area (Å²) in [5.41, 5.74) is 4.53. The zero-order valence-corrected chi connectivity index (χ0v) is 12.8. The van der Waals surface area contributed by atoms with E-state index >= 15 is 0 Å². The summed E-state index contributed by atoms with van der Waals surface area (Å²) in [7, 11) is -4.26. The first-order valence-corrected chi connectivity index (χ1v) is 8.81. The van der Waals surface area contributed by atoms with Gasteiger partial charge in [-0.1, -0.05) is 0 Å². The Bertz CT molecular complexity index is 779. The molecular weight excluding hydrogens is 313 g/mol. The average Bonchev–Trinajstić information content (AvgIpc) is 2.94. The maximum Gasteiger partial charge on any atom is 0.362 e. The van der Waals surface area contributed by atoms with Crippen molar-refractivity contribution in [3.05, 3.63) is 33.6 Å². The van der Waals surface area contributed by atoms with Crippen LogP contribution in [0.1, 0.15) is 27.7 Å². The van der Waals surface area contributed by atoms with E-state index in [1.807, 2.05) is 0 Å². The fourth-order valence-corrected chi connectivity index (χ4v) is 3.52. The van der Waals surface area contributed by atoms with Crippen LogP contribution in [0.3, 0.4) is 0 Å². The van der Waals surface area contributed by atoms with Gasteiger partial charge in [0.15, 0.2) is 12.1 Å². The third-order valence-corrected chi connectivity index (χ3v) is 4.56. The number of carbonyl (C=O) groups is 1. The lowest BCUT2D eigenvalue weighted by Gasteiger charge is -2.13. The lowest BCUT2D eigenvalue weighted by atomic mass is 9.99. The van der Waals surface area contributed by atoms with Gasteiger partial charge in [-0.3, -0.25) is 9.36 Å². The molecule has 6 nitrogen and oxygen atoms in total. The molecule has 0 fully saturated rings. The molecule has 0 bridgehead atoms. The molecular formula is C13H12NO5PS. The molecule has 2 N–H and O–H groups in total. The first kappa shape index (κ1) is 14.4. The predicted octanol–water partition coefficient (Wildman–Crippen LogP) is 2.43. The molecule has 1 aromatic heterocycles. The molecule has 0 unspecified atom stereocenters. The van der Waals surface area contributed by atoms with E-state index < -0.39 is 13.9 Å². The van der Waals surface area contributed by atoms with E-state index in [-0.39, 0.29) is 5.78 Å². The SMILES string of the molecule is CC(=O)c1ccc(OCP(=O)(O)O)c2c1Cc1scnc1-2. The smallest absolute Gasteiger partial charge is 0.362 e. The Kier molecular flexibility index (Phi) is 3.45. The second-order valence-electron chi connectivity index (χ2n) is 4.76. The number of Topliss-reactive ketones (excluding diaryl/α,β-unsaturated/α-hetero) is 1. The fraction of sp³-hybridized carbons (Fsp3) is 0.231. The number of hydrogen-bond donors (Lipinski definition) is 2. The zero-order chi connectivity index (χ0) is 15.2. The van der Waals surface area contributed by atoms with Gasteiger partial charge in [-0.05, 0) is 24.6 Å². The molecule has 21 heavy (non-hydrogen) atoms. The van der Waals surface area contributed by atoms with E-state index in [4.69, 9.17) is 14.5 Å². The summed E-state index contributed by atoms with van der Waals surface area (Å²) in [6, 6.07) is 3.20. The van der Waals surface area contributed by atoms with Crippen LogP contribution in [0.15, 0.2) is 17.6 Å². The molecule has 0 saturated carbocycles. The number of nitrogens with zero attached hydrogens (tertiary/aromatic N) is 1. The van der Waals surface area contributed by atoms with E-state index in [9.17, 15) is 9.36 Å². The summed E-state index contributed by atoms with van der Waals surface area (Å²) in [4.78, 5) is 34.9. The number of hydrogen-bond acceptors (Lipinski definition) is 5. The minimum Gasteiger partial charge on any atom is -0.480 e. The minimum absolute atomic E-state index is 0.0528. The van der Waals surface area contributed by atoms with Gasteiger partial charge in [0.05, 0.1) is 11.2 Å². The van der Waals surface area contributed by atoms with Gasteiger partial charge in [0, 0.05) is 22.4 Å². The Morgan fingerprint density at radius 2 is 2.24 bits per heavy atom. The molecule has 0 atom stereocenters. The van der Waals surface area contributed by atoms with Crippen molar-refractivity contribution in [3.63, 3.8) is 0 Å². The third kappa shape index (κ3) is 2.65. The molecule has 1 aromatic carbocycles. The quantitative estimate of drug-likeness (QED) is 0.565. The van der Waals surface area contributed by atoms with Gasteiger partial charge in [-0.2, -0.15) is 0 Å². The highest BCUT2D eigenvalue weighted by atomic mass is 32.1. The van der Waals surface area contributed by atoms with Gasteiger partial charge in [-0.15, -0.1) is 11.3 Å². The predicted molar refractivity (Wildman–Crippen MR) is 77.9 cm³/mol. The largest absolute Gasteiger partial charge is 0.480 e. The van der Waals surface area contributed by atoms with Crippen molar-refractivity contribution in [2.24, 2.45) is 0 Å². The Labute approximate surface area is 124 Å². The van der Waals surface area contributed by atoms with E-state index in [2.05, 4.69) is 4.98 Å². The Morgan fingerprint density at radius 1 is 1.48 bits per heavy atom. The number of carbonyl (C=O) groups excluding carboxylic acids is 1. The molecule has 8 heteroatoms. The van der Waals surface area contributed by atoms with Gasteiger partial charge in [-0.25, -0.2) is 4.98 Å². The fourth-order valence-electron chi connectivity index (χ4n) is 2.43. The maximum atomic E-state index is 11.7. The standard InChI is InChI=1S/C13H12NO5PS/c1-7(15)8-2-3-10(19-6-20(16,17)18)12-9(8)4-11-13(12)14-5-21-11/h2-3,5H,4,6H2,1H3,(H2,16,17,18). The molecule has 0 amide bonds. The summed E-state index contributed by atoms with van der Waals surface area (Å²) in [6.45, 7) is 1.49. The first-order valence-electron chi connectivity index (χ1n) is 6.14. The van der Waals surface area contributed by atoms with Crippen LogP contribution in [-0.2, 0) is 11.0 Å². The Balaban J connectivity index is 2.10. The van der Waals surface area contributed by atoms with Crippen molar-refractivity contribution in [1.29, 1.82) is 0 Å². The molecule has 1 aliphatic carbocycles. The molecule has 110 valence electrons. The second kappa shape index (κ2) is 5.03. The Morgan fingerprint density at radius 3 is 2.90 bits per heavy atom. The van der Waals surface area contributed by atoms with Crippen LogP contribution in [-0.4, -0.2) is 26.9 Å². The van der Waals surface area contributed by atoms with Crippen LogP contribution in [0.2, 0.25) is 0 Å². The van der Waals surface area contributed by atoms with Crippen molar-refractivity contribution >= 4 is 24.7 Å². The molecule has 2 aromatic rings. The van der Waals surface area contributed by atoms with Gasteiger partial charge >= 0.3 is 7.60 Å². The van der Waals surface area contributed by atoms with Crippen LogP contribution >= 0.6 is 18.9 Å². The number of rotatable bonds is 4. The van der Waals surface area contributed by atoms with Crippen LogP contribution in [0.5, 0.6) is 5.75 Å². The zero-order valence-electron chi connectivity index (χ0n) is 11.1. The number of ether oxygens (including phenoxy) is 1. The molecule has 0 saturated heterocycles. The third-order valence-electron chi connectivity index (χ3n) is 3.26. The molecule has 1 aliphatic rings. The van der Waals surface area contributed by atoms with Crippen LogP contribution in [0.25, 0.3) is 11.3 Å². The summed E-state index contributed by atoms with van der Waals surface area (Å²) in [5.74, 6) is 0.297. The minimum atomic E-state index is -4.26. The van der Waals surface area contributed by atoms with E-state index in [1.54, 1.807) is 17.6 Å². The van der Waals surface area contributed by atoms with Crippen LogP contribution in [0.4, 0.5) is 0 Å². The van der Waals surface area contributed by atoms with Crippen molar-refractivity contribution in [1.82, 2.24) is 4.98 Å². The number of aromatic nitrogens is 1.